The molecule has 112 valence electrons. The molecule has 1 N–H and O–H groups in total. The summed E-state index contributed by atoms with van der Waals surface area (Å²) in [6.07, 6.45) is 0. The van der Waals surface area contributed by atoms with Crippen molar-refractivity contribution in [2.24, 2.45) is 0 Å². The highest BCUT2D eigenvalue weighted by Crippen LogP contribution is 2.30. The Hall–Kier alpha value is -1.95. The third-order valence-electron chi connectivity index (χ3n) is 3.01. The van der Waals surface area contributed by atoms with Crippen LogP contribution in [0.25, 0.3) is 0 Å². The van der Waals surface area contributed by atoms with E-state index in [0.29, 0.717) is 12.2 Å². The monoisotopic (exact) mass is 308 g/mol. The van der Waals surface area contributed by atoms with Crippen molar-refractivity contribution in [2.75, 3.05) is 5.32 Å². The summed E-state index contributed by atoms with van der Waals surface area (Å²) < 4.78 is 13.5. The number of nitrogens with one attached hydrogen (secondary N) is 1. The summed E-state index contributed by atoms with van der Waals surface area (Å²) in [4.78, 5) is 12.3. The molecule has 0 atom stereocenters. The predicted molar refractivity (Wildman–Crippen MR) is 83.4 cm³/mol. The van der Waals surface area contributed by atoms with Gasteiger partial charge in [0.15, 0.2) is 0 Å². The summed E-state index contributed by atoms with van der Waals surface area (Å²) in [7, 11) is 0. The average Bonchev–Trinajstić information content (AvgIpc) is 2.84. The van der Waals surface area contributed by atoms with E-state index in [0.717, 1.165) is 10.9 Å². The molecule has 0 spiro atoms. The van der Waals surface area contributed by atoms with Crippen LogP contribution in [-0.4, -0.2) is 4.92 Å². The SMILES string of the molecule is CC(C)(C)c1ccc(CNc2ccc([N+](=O)[O-])c(F)c2)s1. The molecule has 1 aromatic heterocycles. The van der Waals surface area contributed by atoms with Crippen molar-refractivity contribution in [2.45, 2.75) is 32.7 Å². The van der Waals surface area contributed by atoms with Crippen LogP contribution in [-0.2, 0) is 12.0 Å². The van der Waals surface area contributed by atoms with Gasteiger partial charge in [0.2, 0.25) is 5.82 Å². The second kappa shape index (κ2) is 5.81. The molecule has 0 radical (unpaired) electrons. The predicted octanol–water partition coefficient (Wildman–Crippen LogP) is 4.71. The van der Waals surface area contributed by atoms with Crippen LogP contribution in [0.2, 0.25) is 0 Å². The molecular weight excluding hydrogens is 291 g/mol. The first-order valence-corrected chi connectivity index (χ1v) is 7.36. The fraction of sp³-hybridized carbons (Fsp3) is 0.333. The summed E-state index contributed by atoms with van der Waals surface area (Å²) >= 11 is 1.71. The molecule has 0 saturated heterocycles. The Morgan fingerprint density at radius 1 is 1.29 bits per heavy atom. The lowest BCUT2D eigenvalue weighted by atomic mass is 9.95. The van der Waals surface area contributed by atoms with Gasteiger partial charge in [0.05, 0.1) is 4.92 Å². The lowest BCUT2D eigenvalue weighted by Crippen LogP contribution is -2.07. The highest BCUT2D eigenvalue weighted by atomic mass is 32.1. The van der Waals surface area contributed by atoms with Gasteiger partial charge < -0.3 is 5.32 Å². The third kappa shape index (κ3) is 3.78. The molecule has 6 heteroatoms. The molecule has 0 unspecified atom stereocenters. The summed E-state index contributed by atoms with van der Waals surface area (Å²) in [5, 5.41) is 13.6. The van der Waals surface area contributed by atoms with Crippen molar-refractivity contribution >= 4 is 22.7 Å². The van der Waals surface area contributed by atoms with Gasteiger partial charge in [-0.15, -0.1) is 11.3 Å². The maximum atomic E-state index is 13.5. The number of nitrogens with zero attached hydrogens (tertiary/aromatic N) is 1. The molecule has 0 aliphatic heterocycles. The van der Waals surface area contributed by atoms with Gasteiger partial charge in [0.1, 0.15) is 0 Å². The largest absolute Gasteiger partial charge is 0.380 e. The molecule has 0 fully saturated rings. The number of halogens is 1. The zero-order chi connectivity index (χ0) is 15.6. The fourth-order valence-electron chi connectivity index (χ4n) is 1.83. The molecule has 1 aromatic carbocycles. The van der Waals surface area contributed by atoms with Gasteiger partial charge in [-0.05, 0) is 23.6 Å². The standard InChI is InChI=1S/C15H17FN2O2S/c1-15(2,3)14-7-5-11(21-14)9-17-10-4-6-13(18(19)20)12(16)8-10/h4-8,17H,9H2,1-3H3. The summed E-state index contributed by atoms with van der Waals surface area (Å²) in [5.41, 5.74) is 0.137. The highest BCUT2D eigenvalue weighted by molar-refractivity contribution is 7.12. The zero-order valence-corrected chi connectivity index (χ0v) is 13.0. The van der Waals surface area contributed by atoms with E-state index in [2.05, 4.69) is 32.2 Å². The van der Waals surface area contributed by atoms with Crippen molar-refractivity contribution in [3.05, 3.63) is 56.0 Å². The molecule has 0 saturated carbocycles. The van der Waals surface area contributed by atoms with E-state index >= 15 is 0 Å². The highest BCUT2D eigenvalue weighted by Gasteiger charge is 2.16. The zero-order valence-electron chi connectivity index (χ0n) is 12.1. The van der Waals surface area contributed by atoms with Crippen LogP contribution in [0, 0.1) is 15.9 Å². The number of thiophene rings is 1. The van der Waals surface area contributed by atoms with Crippen LogP contribution in [0.4, 0.5) is 15.8 Å². The minimum absolute atomic E-state index is 0.113. The molecule has 1 heterocycles. The molecule has 4 nitrogen and oxygen atoms in total. The van der Waals surface area contributed by atoms with E-state index in [1.165, 1.54) is 17.0 Å². The minimum Gasteiger partial charge on any atom is -0.380 e. The molecule has 0 aliphatic carbocycles. The van der Waals surface area contributed by atoms with E-state index < -0.39 is 16.4 Å². The number of hydrogen-bond acceptors (Lipinski definition) is 4. The molecule has 0 amide bonds. The van der Waals surface area contributed by atoms with E-state index in [1.54, 1.807) is 11.3 Å². The second-order valence-electron chi connectivity index (χ2n) is 5.79. The van der Waals surface area contributed by atoms with Gasteiger partial charge >= 0.3 is 5.69 Å². The van der Waals surface area contributed by atoms with Crippen LogP contribution in [0.15, 0.2) is 30.3 Å². The average molecular weight is 308 g/mol. The first-order chi connectivity index (χ1) is 9.77. The van der Waals surface area contributed by atoms with Gasteiger partial charge in [-0.25, -0.2) is 0 Å². The third-order valence-corrected chi connectivity index (χ3v) is 4.52. The maximum absolute atomic E-state index is 13.5. The van der Waals surface area contributed by atoms with Gasteiger partial charge in [0, 0.05) is 34.1 Å². The van der Waals surface area contributed by atoms with E-state index in [-0.39, 0.29) is 5.41 Å². The lowest BCUT2D eigenvalue weighted by molar-refractivity contribution is -0.387. The quantitative estimate of drug-likeness (QED) is 0.657. The van der Waals surface area contributed by atoms with Gasteiger partial charge in [-0.3, -0.25) is 10.1 Å². The Morgan fingerprint density at radius 3 is 2.52 bits per heavy atom. The molecule has 2 aromatic rings. The Morgan fingerprint density at radius 2 is 2.00 bits per heavy atom. The topological polar surface area (TPSA) is 55.2 Å². The summed E-state index contributed by atoms with van der Waals surface area (Å²) in [6, 6.07) is 7.97. The van der Waals surface area contributed by atoms with Crippen LogP contribution < -0.4 is 5.32 Å². The van der Waals surface area contributed by atoms with Crippen LogP contribution in [0.1, 0.15) is 30.5 Å². The van der Waals surface area contributed by atoms with Crippen molar-refractivity contribution in [3.63, 3.8) is 0 Å². The molecular formula is C15H17FN2O2S. The Labute approximate surface area is 126 Å². The van der Waals surface area contributed by atoms with Gasteiger partial charge in [-0.1, -0.05) is 20.8 Å². The number of benzene rings is 1. The Balaban J connectivity index is 2.05. The van der Waals surface area contributed by atoms with Gasteiger partial charge in [0.25, 0.3) is 0 Å². The van der Waals surface area contributed by atoms with Crippen molar-refractivity contribution in [3.8, 4) is 0 Å². The van der Waals surface area contributed by atoms with Crippen molar-refractivity contribution in [1.82, 2.24) is 0 Å². The fourth-order valence-corrected chi connectivity index (χ4v) is 2.84. The molecule has 0 bridgehead atoms. The van der Waals surface area contributed by atoms with Crippen LogP contribution >= 0.6 is 11.3 Å². The van der Waals surface area contributed by atoms with E-state index in [9.17, 15) is 14.5 Å². The number of nitro benzene ring substituents is 1. The normalized spacial score (nSPS) is 11.4. The van der Waals surface area contributed by atoms with E-state index in [1.807, 2.05) is 6.07 Å². The maximum Gasteiger partial charge on any atom is 0.304 e. The van der Waals surface area contributed by atoms with Crippen LogP contribution in [0.3, 0.4) is 0 Å². The number of nitro groups is 1. The minimum atomic E-state index is -0.827. The molecule has 0 aliphatic rings. The first kappa shape index (κ1) is 15.4. The number of rotatable bonds is 4. The molecule has 21 heavy (non-hydrogen) atoms. The number of hydrogen-bond donors (Lipinski definition) is 1. The van der Waals surface area contributed by atoms with Crippen molar-refractivity contribution in [1.29, 1.82) is 0 Å². The lowest BCUT2D eigenvalue weighted by Gasteiger charge is -2.15. The first-order valence-electron chi connectivity index (χ1n) is 6.54. The Bertz CT molecular complexity index is 662. The smallest absolute Gasteiger partial charge is 0.304 e. The Kier molecular flexibility index (Phi) is 4.27. The molecule has 2 rings (SSSR count). The summed E-state index contributed by atoms with van der Waals surface area (Å²) in [6.45, 7) is 7.03. The van der Waals surface area contributed by atoms with Crippen molar-refractivity contribution < 1.29 is 9.31 Å². The summed E-state index contributed by atoms with van der Waals surface area (Å²) in [5.74, 6) is -0.827. The second-order valence-corrected chi connectivity index (χ2v) is 6.96. The van der Waals surface area contributed by atoms with Crippen LogP contribution in [0.5, 0.6) is 0 Å². The van der Waals surface area contributed by atoms with Gasteiger partial charge in [-0.2, -0.15) is 4.39 Å². The number of anilines is 1. The van der Waals surface area contributed by atoms with E-state index in [4.69, 9.17) is 0 Å².